The van der Waals surface area contributed by atoms with Gasteiger partial charge in [-0.05, 0) is 62.1 Å². The van der Waals surface area contributed by atoms with Crippen LogP contribution in [0.25, 0.3) is 0 Å². The number of rotatable bonds is 6. The fraction of sp³-hybridized carbons (Fsp3) is 0.556. The van der Waals surface area contributed by atoms with E-state index in [4.69, 9.17) is 18.9 Å². The van der Waals surface area contributed by atoms with Gasteiger partial charge in [-0.25, -0.2) is 4.79 Å². The van der Waals surface area contributed by atoms with Crippen molar-refractivity contribution in [3.8, 4) is 17.2 Å². The molecule has 0 aromatic heterocycles. The van der Waals surface area contributed by atoms with Crippen molar-refractivity contribution in [1.82, 2.24) is 5.32 Å². The number of allylic oxidation sites excluding steroid dienone is 3. The number of hydrogen-bond donors (Lipinski definition) is 1. The molecule has 7 nitrogen and oxygen atoms in total. The Kier molecular flexibility index (Phi) is 6.65. The summed E-state index contributed by atoms with van der Waals surface area (Å²) in [5.41, 5.74) is 3.24. The molecule has 3 aliphatic rings. The molecule has 7 heteroatoms. The van der Waals surface area contributed by atoms with E-state index in [9.17, 15) is 9.59 Å². The molecule has 1 fully saturated rings. The maximum Gasteiger partial charge on any atom is 0.337 e. The molecule has 1 aliphatic heterocycles. The number of ketones is 1. The van der Waals surface area contributed by atoms with E-state index in [1.54, 1.807) is 21.3 Å². The van der Waals surface area contributed by atoms with Gasteiger partial charge in [0, 0.05) is 29.3 Å². The van der Waals surface area contributed by atoms with Gasteiger partial charge >= 0.3 is 5.97 Å². The molecule has 1 aromatic rings. The summed E-state index contributed by atoms with van der Waals surface area (Å²) in [5.74, 6) is 0.492. The lowest BCUT2D eigenvalue weighted by molar-refractivity contribution is -0.144. The van der Waals surface area contributed by atoms with E-state index in [2.05, 4.69) is 19.2 Å². The van der Waals surface area contributed by atoms with Crippen molar-refractivity contribution in [2.24, 2.45) is 5.41 Å². The van der Waals surface area contributed by atoms with Crippen LogP contribution in [0.5, 0.6) is 17.2 Å². The minimum absolute atomic E-state index is 0.0381. The third-order valence-electron chi connectivity index (χ3n) is 7.06. The molecule has 34 heavy (non-hydrogen) atoms. The quantitative estimate of drug-likeness (QED) is 0.599. The van der Waals surface area contributed by atoms with Crippen LogP contribution in [0.2, 0.25) is 0 Å². The molecule has 4 rings (SSSR count). The lowest BCUT2D eigenvalue weighted by Crippen LogP contribution is -2.39. The van der Waals surface area contributed by atoms with E-state index in [0.717, 1.165) is 43.4 Å². The smallest absolute Gasteiger partial charge is 0.337 e. The van der Waals surface area contributed by atoms with Crippen molar-refractivity contribution in [2.75, 3.05) is 21.3 Å². The lowest BCUT2D eigenvalue weighted by Gasteiger charge is -2.39. The summed E-state index contributed by atoms with van der Waals surface area (Å²) in [4.78, 5) is 27.1. The average Bonchev–Trinajstić information content (AvgIpc) is 3.28. The van der Waals surface area contributed by atoms with Crippen molar-refractivity contribution in [2.45, 2.75) is 71.3 Å². The maximum atomic E-state index is 13.5. The number of esters is 1. The first kappa shape index (κ1) is 24.2. The van der Waals surface area contributed by atoms with E-state index >= 15 is 0 Å². The summed E-state index contributed by atoms with van der Waals surface area (Å²) in [6.45, 7) is 6.06. The molecule has 1 aromatic carbocycles. The van der Waals surface area contributed by atoms with Crippen molar-refractivity contribution < 1.29 is 28.5 Å². The maximum absolute atomic E-state index is 13.5. The predicted octanol–water partition coefficient (Wildman–Crippen LogP) is 4.80. The Morgan fingerprint density at radius 2 is 1.62 bits per heavy atom. The third-order valence-corrected chi connectivity index (χ3v) is 7.06. The number of carbonyl (C=O) groups is 2. The molecule has 0 spiro atoms. The Hall–Kier alpha value is -2.96. The van der Waals surface area contributed by atoms with Gasteiger partial charge < -0.3 is 24.3 Å². The Morgan fingerprint density at radius 1 is 1.00 bits per heavy atom. The highest BCUT2D eigenvalue weighted by atomic mass is 16.5. The summed E-state index contributed by atoms with van der Waals surface area (Å²) >= 11 is 0. The summed E-state index contributed by atoms with van der Waals surface area (Å²) in [6.07, 6.45) is 4.93. The predicted molar refractivity (Wildman–Crippen MR) is 128 cm³/mol. The van der Waals surface area contributed by atoms with Crippen LogP contribution >= 0.6 is 0 Å². The van der Waals surface area contributed by atoms with Crippen LogP contribution in [0.3, 0.4) is 0 Å². The third kappa shape index (κ3) is 4.40. The summed E-state index contributed by atoms with van der Waals surface area (Å²) in [7, 11) is 4.66. The Morgan fingerprint density at radius 3 is 2.18 bits per heavy atom. The molecule has 1 atom stereocenters. The highest BCUT2D eigenvalue weighted by Crippen LogP contribution is 2.49. The SMILES string of the molecule is COc1cc([C@H]2C(C(=O)OC3CCCC3)=C(C)NC3=C2C(=O)CC(C)(C)C3)cc(OC)c1OC. The molecule has 0 unspecified atom stereocenters. The zero-order valence-electron chi connectivity index (χ0n) is 21.0. The van der Waals surface area contributed by atoms with Crippen molar-refractivity contribution >= 4 is 11.8 Å². The summed E-state index contributed by atoms with van der Waals surface area (Å²) in [6, 6.07) is 3.65. The molecule has 1 heterocycles. The van der Waals surface area contributed by atoms with E-state index in [1.807, 2.05) is 19.1 Å². The molecule has 1 N–H and O–H groups in total. The van der Waals surface area contributed by atoms with Crippen LogP contribution in [0.1, 0.15) is 70.8 Å². The zero-order valence-corrected chi connectivity index (χ0v) is 21.0. The molecular weight excluding hydrogens is 434 g/mol. The van der Waals surface area contributed by atoms with Crippen LogP contribution < -0.4 is 19.5 Å². The van der Waals surface area contributed by atoms with Crippen LogP contribution in [0.4, 0.5) is 0 Å². The topological polar surface area (TPSA) is 83.1 Å². The molecule has 0 saturated heterocycles. The highest BCUT2D eigenvalue weighted by Gasteiger charge is 2.44. The first-order chi connectivity index (χ1) is 16.2. The van der Waals surface area contributed by atoms with Gasteiger partial charge in [0.05, 0.1) is 26.9 Å². The van der Waals surface area contributed by atoms with Gasteiger partial charge in [0.15, 0.2) is 17.3 Å². The van der Waals surface area contributed by atoms with Gasteiger partial charge in [0.2, 0.25) is 5.75 Å². The molecule has 2 aliphatic carbocycles. The largest absolute Gasteiger partial charge is 0.493 e. The number of ether oxygens (including phenoxy) is 4. The molecule has 0 amide bonds. The number of carbonyl (C=O) groups excluding carboxylic acids is 2. The van der Waals surface area contributed by atoms with E-state index in [1.165, 1.54) is 0 Å². The van der Waals surface area contributed by atoms with E-state index in [0.29, 0.717) is 40.5 Å². The first-order valence-corrected chi connectivity index (χ1v) is 11.9. The van der Waals surface area contributed by atoms with Gasteiger partial charge in [0.25, 0.3) is 0 Å². The summed E-state index contributed by atoms with van der Waals surface area (Å²) in [5, 5.41) is 3.39. The number of dihydropyridines is 1. The Labute approximate surface area is 201 Å². The molecule has 0 radical (unpaired) electrons. The first-order valence-electron chi connectivity index (χ1n) is 11.9. The fourth-order valence-electron chi connectivity index (χ4n) is 5.53. The monoisotopic (exact) mass is 469 g/mol. The van der Waals surface area contributed by atoms with E-state index < -0.39 is 5.92 Å². The number of hydrogen-bond acceptors (Lipinski definition) is 7. The lowest BCUT2D eigenvalue weighted by atomic mass is 9.68. The summed E-state index contributed by atoms with van der Waals surface area (Å²) < 4.78 is 22.6. The Balaban J connectivity index is 1.87. The van der Waals surface area contributed by atoms with Gasteiger partial charge in [-0.3, -0.25) is 4.79 Å². The minimum Gasteiger partial charge on any atom is -0.493 e. The molecule has 184 valence electrons. The van der Waals surface area contributed by atoms with Crippen LogP contribution in [0, 0.1) is 5.41 Å². The van der Waals surface area contributed by atoms with Gasteiger partial charge in [-0.15, -0.1) is 0 Å². The Bertz CT molecular complexity index is 1040. The number of nitrogens with one attached hydrogen (secondary N) is 1. The van der Waals surface area contributed by atoms with Crippen molar-refractivity contribution in [3.05, 3.63) is 40.2 Å². The zero-order chi connectivity index (χ0) is 24.6. The van der Waals surface area contributed by atoms with Crippen LogP contribution in [0.15, 0.2) is 34.7 Å². The number of benzene rings is 1. The fourth-order valence-corrected chi connectivity index (χ4v) is 5.53. The van der Waals surface area contributed by atoms with Crippen molar-refractivity contribution in [3.63, 3.8) is 0 Å². The van der Waals surface area contributed by atoms with Gasteiger partial charge in [0.1, 0.15) is 6.10 Å². The average molecular weight is 470 g/mol. The van der Waals surface area contributed by atoms with E-state index in [-0.39, 0.29) is 23.3 Å². The molecule has 1 saturated carbocycles. The van der Waals surface area contributed by atoms with Crippen LogP contribution in [-0.4, -0.2) is 39.2 Å². The second-order valence-electron chi connectivity index (χ2n) is 10.2. The second-order valence-corrected chi connectivity index (χ2v) is 10.2. The minimum atomic E-state index is -0.581. The van der Waals surface area contributed by atoms with Crippen LogP contribution in [-0.2, 0) is 14.3 Å². The number of methoxy groups -OCH3 is 3. The normalized spacial score (nSPS) is 22.3. The second kappa shape index (κ2) is 9.35. The number of Topliss-reactive ketones (excluding diaryl/α,β-unsaturated/α-hetero) is 1. The van der Waals surface area contributed by atoms with Crippen molar-refractivity contribution in [1.29, 1.82) is 0 Å². The van der Waals surface area contributed by atoms with Gasteiger partial charge in [-0.1, -0.05) is 13.8 Å². The molecular formula is C27H35NO6. The standard InChI is InChI=1S/C27H35NO6/c1-15-22(26(30)34-17-9-7-8-10-17)23(24-18(28-15)13-27(2,3)14-19(24)29)16-11-20(31-4)25(33-6)21(12-16)32-5/h11-12,17,23,28H,7-10,13-14H2,1-6H3/t23-/m0/s1. The van der Waals surface area contributed by atoms with Gasteiger partial charge in [-0.2, -0.15) is 0 Å². The highest BCUT2D eigenvalue weighted by molar-refractivity contribution is 6.04. The molecule has 0 bridgehead atoms.